The highest BCUT2D eigenvalue weighted by Gasteiger charge is 2.29. The summed E-state index contributed by atoms with van der Waals surface area (Å²) in [5.41, 5.74) is 0.832. The number of halogens is 1. The fraction of sp³-hybridized carbons (Fsp3) is 0.316. The fourth-order valence-corrected chi connectivity index (χ4v) is 4.64. The number of sulfonamides is 1. The lowest BCUT2D eigenvalue weighted by Gasteiger charge is -2.33. The van der Waals surface area contributed by atoms with Crippen LogP contribution in [0.5, 0.6) is 5.75 Å². The summed E-state index contributed by atoms with van der Waals surface area (Å²) in [6, 6.07) is 10.3. The van der Waals surface area contributed by atoms with Crippen LogP contribution in [-0.4, -0.2) is 66.0 Å². The van der Waals surface area contributed by atoms with Gasteiger partial charge in [0.1, 0.15) is 15.8 Å². The third-order valence-corrected chi connectivity index (χ3v) is 6.95. The van der Waals surface area contributed by atoms with Crippen molar-refractivity contribution in [3.05, 3.63) is 53.6 Å². The van der Waals surface area contributed by atoms with Crippen molar-refractivity contribution in [2.45, 2.75) is 11.4 Å². The average molecular weight is 450 g/mol. The van der Waals surface area contributed by atoms with Gasteiger partial charge in [0.2, 0.25) is 21.7 Å². The first kappa shape index (κ1) is 20.7. The van der Waals surface area contributed by atoms with Gasteiger partial charge >= 0.3 is 0 Å². The van der Waals surface area contributed by atoms with E-state index in [0.717, 1.165) is 11.3 Å². The Kier molecular flexibility index (Phi) is 6.00. The van der Waals surface area contributed by atoms with E-state index in [1.807, 2.05) is 24.3 Å². The number of pyridine rings is 1. The molecule has 1 fully saturated rings. The minimum Gasteiger partial charge on any atom is -0.497 e. The molecule has 0 radical (unpaired) electrons. The standard InChI is InChI=1S/C19H20ClN5O4S/c1-28-15-4-2-14(3-5-15)19-22-18(29-23-19)13-24-8-10-25(11-9-24)30(26,27)16-6-7-17(20)21-12-16/h2-7,12H,8-11,13H2,1H3. The van der Waals surface area contributed by atoms with Gasteiger partial charge < -0.3 is 9.26 Å². The molecule has 1 aliphatic rings. The molecule has 1 saturated heterocycles. The van der Waals surface area contributed by atoms with Crippen LogP contribution in [0.15, 0.2) is 52.0 Å². The molecule has 1 aromatic carbocycles. The monoisotopic (exact) mass is 449 g/mol. The maximum atomic E-state index is 12.7. The number of piperazine rings is 1. The Morgan fingerprint density at radius 1 is 1.10 bits per heavy atom. The Bertz CT molecular complexity index is 1090. The smallest absolute Gasteiger partial charge is 0.244 e. The van der Waals surface area contributed by atoms with Crippen LogP contribution in [0.2, 0.25) is 5.15 Å². The molecular weight excluding hydrogens is 430 g/mol. The van der Waals surface area contributed by atoms with E-state index >= 15 is 0 Å². The van der Waals surface area contributed by atoms with Gasteiger partial charge in [-0.3, -0.25) is 4.90 Å². The molecule has 3 aromatic rings. The number of benzene rings is 1. The zero-order chi connectivity index (χ0) is 21.1. The van der Waals surface area contributed by atoms with E-state index in [1.165, 1.54) is 22.6 Å². The van der Waals surface area contributed by atoms with E-state index in [9.17, 15) is 8.42 Å². The predicted octanol–water partition coefficient (Wildman–Crippen LogP) is 2.30. The second-order valence-electron chi connectivity index (χ2n) is 6.74. The number of ether oxygens (including phenoxy) is 1. The van der Waals surface area contributed by atoms with Crippen molar-refractivity contribution in [2.75, 3.05) is 33.3 Å². The van der Waals surface area contributed by atoms with Crippen LogP contribution >= 0.6 is 11.6 Å². The lowest BCUT2D eigenvalue weighted by molar-refractivity contribution is 0.163. The summed E-state index contributed by atoms with van der Waals surface area (Å²) < 4.78 is 37.5. The molecule has 0 unspecified atom stereocenters. The lowest BCUT2D eigenvalue weighted by Crippen LogP contribution is -2.48. The second-order valence-corrected chi connectivity index (χ2v) is 9.06. The molecule has 0 atom stereocenters. The summed E-state index contributed by atoms with van der Waals surface area (Å²) in [6.45, 7) is 2.30. The fourth-order valence-electron chi connectivity index (χ4n) is 3.16. The van der Waals surface area contributed by atoms with Gasteiger partial charge in [0, 0.05) is 37.9 Å². The van der Waals surface area contributed by atoms with Gasteiger partial charge in [0.15, 0.2) is 0 Å². The van der Waals surface area contributed by atoms with E-state index in [4.69, 9.17) is 20.9 Å². The molecule has 0 saturated carbocycles. The Hall–Kier alpha value is -2.53. The van der Waals surface area contributed by atoms with Gasteiger partial charge in [-0.25, -0.2) is 13.4 Å². The Morgan fingerprint density at radius 3 is 2.47 bits per heavy atom. The van der Waals surface area contributed by atoms with Gasteiger partial charge in [0.25, 0.3) is 0 Å². The van der Waals surface area contributed by atoms with Gasteiger partial charge in [0.05, 0.1) is 13.7 Å². The molecule has 3 heterocycles. The first-order chi connectivity index (χ1) is 14.5. The molecule has 9 nitrogen and oxygen atoms in total. The molecule has 158 valence electrons. The van der Waals surface area contributed by atoms with Crippen molar-refractivity contribution in [2.24, 2.45) is 0 Å². The predicted molar refractivity (Wildman–Crippen MR) is 110 cm³/mol. The summed E-state index contributed by atoms with van der Waals surface area (Å²) in [5, 5.41) is 4.29. The van der Waals surface area contributed by atoms with Crippen molar-refractivity contribution in [3.8, 4) is 17.1 Å². The molecule has 0 bridgehead atoms. The Balaban J connectivity index is 1.36. The van der Waals surface area contributed by atoms with E-state index in [1.54, 1.807) is 7.11 Å². The van der Waals surface area contributed by atoms with Crippen molar-refractivity contribution in [1.29, 1.82) is 0 Å². The quantitative estimate of drug-likeness (QED) is 0.528. The number of nitrogens with zero attached hydrogens (tertiary/aromatic N) is 5. The summed E-state index contributed by atoms with van der Waals surface area (Å²) >= 11 is 5.75. The molecule has 4 rings (SSSR count). The third kappa shape index (κ3) is 4.46. The van der Waals surface area contributed by atoms with Gasteiger partial charge in [-0.1, -0.05) is 16.8 Å². The molecule has 0 N–H and O–H groups in total. The summed E-state index contributed by atoms with van der Waals surface area (Å²) in [6.07, 6.45) is 1.28. The normalized spacial score (nSPS) is 15.9. The van der Waals surface area contributed by atoms with Gasteiger partial charge in [-0.05, 0) is 36.4 Å². The van der Waals surface area contributed by atoms with E-state index in [0.29, 0.717) is 44.4 Å². The van der Waals surface area contributed by atoms with Crippen LogP contribution in [0.1, 0.15) is 5.89 Å². The zero-order valence-corrected chi connectivity index (χ0v) is 17.8. The number of hydrogen-bond donors (Lipinski definition) is 0. The molecule has 0 aliphatic carbocycles. The Morgan fingerprint density at radius 2 is 1.83 bits per heavy atom. The van der Waals surface area contributed by atoms with Crippen molar-refractivity contribution in [3.63, 3.8) is 0 Å². The molecule has 0 spiro atoms. The SMILES string of the molecule is COc1ccc(-c2noc(CN3CCN(S(=O)(=O)c4ccc(Cl)nc4)CC3)n2)cc1. The van der Waals surface area contributed by atoms with E-state index in [-0.39, 0.29) is 10.0 Å². The van der Waals surface area contributed by atoms with E-state index < -0.39 is 10.0 Å². The molecule has 0 amide bonds. The highest BCUT2D eigenvalue weighted by Crippen LogP contribution is 2.21. The van der Waals surface area contributed by atoms with Crippen LogP contribution in [-0.2, 0) is 16.6 Å². The number of methoxy groups -OCH3 is 1. The molecule has 30 heavy (non-hydrogen) atoms. The van der Waals surface area contributed by atoms with Gasteiger partial charge in [-0.2, -0.15) is 9.29 Å². The molecular formula is C19H20ClN5O4S. The minimum absolute atomic E-state index is 0.140. The lowest BCUT2D eigenvalue weighted by atomic mass is 10.2. The summed E-state index contributed by atoms with van der Waals surface area (Å²) in [4.78, 5) is 10.5. The van der Waals surface area contributed by atoms with Crippen molar-refractivity contribution in [1.82, 2.24) is 24.3 Å². The van der Waals surface area contributed by atoms with Crippen molar-refractivity contribution >= 4 is 21.6 Å². The molecule has 2 aromatic heterocycles. The van der Waals surface area contributed by atoms with Crippen LogP contribution in [0, 0.1) is 0 Å². The Labute approximate surface area is 179 Å². The van der Waals surface area contributed by atoms with Crippen LogP contribution in [0.4, 0.5) is 0 Å². The van der Waals surface area contributed by atoms with Crippen molar-refractivity contribution < 1.29 is 17.7 Å². The summed E-state index contributed by atoms with van der Waals surface area (Å²) in [7, 11) is -1.98. The molecule has 11 heteroatoms. The maximum Gasteiger partial charge on any atom is 0.244 e. The highest BCUT2D eigenvalue weighted by molar-refractivity contribution is 7.89. The number of aromatic nitrogens is 3. The first-order valence-electron chi connectivity index (χ1n) is 9.27. The second kappa shape index (κ2) is 8.68. The highest BCUT2D eigenvalue weighted by atomic mass is 35.5. The minimum atomic E-state index is -3.59. The largest absolute Gasteiger partial charge is 0.497 e. The maximum absolute atomic E-state index is 12.7. The topological polar surface area (TPSA) is 102 Å². The van der Waals surface area contributed by atoms with Crippen LogP contribution in [0.25, 0.3) is 11.4 Å². The van der Waals surface area contributed by atoms with Crippen LogP contribution < -0.4 is 4.74 Å². The zero-order valence-electron chi connectivity index (χ0n) is 16.2. The number of hydrogen-bond acceptors (Lipinski definition) is 8. The summed E-state index contributed by atoms with van der Waals surface area (Å²) in [5.74, 6) is 1.74. The van der Waals surface area contributed by atoms with Crippen LogP contribution in [0.3, 0.4) is 0 Å². The average Bonchev–Trinajstić information content (AvgIpc) is 3.23. The van der Waals surface area contributed by atoms with Gasteiger partial charge in [-0.15, -0.1) is 0 Å². The number of rotatable bonds is 6. The van der Waals surface area contributed by atoms with E-state index in [2.05, 4.69) is 20.0 Å². The first-order valence-corrected chi connectivity index (χ1v) is 11.1. The molecule has 1 aliphatic heterocycles. The third-order valence-electron chi connectivity index (χ3n) is 4.84.